The fourth-order valence-corrected chi connectivity index (χ4v) is 3.12. The van der Waals surface area contributed by atoms with E-state index >= 15 is 0 Å². The normalized spacial score (nSPS) is 19.1. The van der Waals surface area contributed by atoms with Gasteiger partial charge in [0.05, 0.1) is 18.2 Å². The molecule has 0 saturated carbocycles. The van der Waals surface area contributed by atoms with Crippen molar-refractivity contribution in [2.75, 3.05) is 11.1 Å². The van der Waals surface area contributed by atoms with E-state index in [9.17, 15) is 18.0 Å². The third-order valence-corrected chi connectivity index (χ3v) is 4.21. The van der Waals surface area contributed by atoms with Crippen molar-refractivity contribution in [3.05, 3.63) is 41.3 Å². The summed E-state index contributed by atoms with van der Waals surface area (Å²) in [6, 6.07) is 5.31. The van der Waals surface area contributed by atoms with Gasteiger partial charge in [-0.25, -0.2) is 13.2 Å². The molecule has 2 amide bonds. The van der Waals surface area contributed by atoms with Crippen molar-refractivity contribution in [1.29, 1.82) is 0 Å². The zero-order valence-corrected chi connectivity index (χ0v) is 11.8. The van der Waals surface area contributed by atoms with Crippen molar-refractivity contribution < 1.29 is 23.1 Å². The minimum absolute atomic E-state index is 0.0861. The van der Waals surface area contributed by atoms with Gasteiger partial charge >= 0.3 is 12.0 Å². The minimum atomic E-state index is -3.21. The predicted molar refractivity (Wildman–Crippen MR) is 76.7 cm³/mol. The van der Waals surface area contributed by atoms with Crippen molar-refractivity contribution in [1.82, 2.24) is 5.32 Å². The average Bonchev–Trinajstić information content (AvgIpc) is 2.70. The number of benzene rings is 1. The molecule has 0 aliphatic carbocycles. The molecular weight excluding hydrogens is 296 g/mol. The third-order valence-electron chi connectivity index (χ3n) is 2.81. The number of carboxylic acid groups (broad SMARTS) is 1. The second kappa shape index (κ2) is 5.96. The van der Waals surface area contributed by atoms with Gasteiger partial charge in [-0.3, -0.25) is 4.79 Å². The molecular formula is C13H14N2O5S. The number of carbonyl (C=O) groups excluding carboxylic acids is 1. The first-order chi connectivity index (χ1) is 9.84. The number of rotatable bonds is 4. The van der Waals surface area contributed by atoms with E-state index < -0.39 is 27.9 Å². The van der Waals surface area contributed by atoms with Crippen LogP contribution in [0.3, 0.4) is 0 Å². The van der Waals surface area contributed by atoms with Gasteiger partial charge in [0.1, 0.15) is 0 Å². The van der Waals surface area contributed by atoms with Crippen molar-refractivity contribution in [2.45, 2.75) is 12.5 Å². The molecule has 0 bridgehead atoms. The number of amides is 2. The number of hydrogen-bond acceptors (Lipinski definition) is 4. The van der Waals surface area contributed by atoms with Gasteiger partial charge in [-0.2, -0.15) is 0 Å². The lowest BCUT2D eigenvalue weighted by molar-refractivity contribution is -0.136. The fraction of sp³-hybridized carbons (Fsp3) is 0.231. The molecule has 0 radical (unpaired) electrons. The molecule has 1 aliphatic rings. The average molecular weight is 310 g/mol. The highest BCUT2D eigenvalue weighted by Crippen LogP contribution is 2.11. The summed E-state index contributed by atoms with van der Waals surface area (Å²) in [6.45, 7) is 0. The molecule has 0 spiro atoms. The van der Waals surface area contributed by atoms with Gasteiger partial charge in [0.15, 0.2) is 9.84 Å². The van der Waals surface area contributed by atoms with Gasteiger partial charge in [-0.15, -0.1) is 0 Å². The van der Waals surface area contributed by atoms with Gasteiger partial charge in [-0.05, 0) is 23.8 Å². The molecule has 0 fully saturated rings. The number of hydrogen-bond donors (Lipinski definition) is 3. The lowest BCUT2D eigenvalue weighted by Gasteiger charge is -2.11. The summed E-state index contributed by atoms with van der Waals surface area (Å²) in [4.78, 5) is 22.2. The molecule has 1 aromatic carbocycles. The van der Waals surface area contributed by atoms with Crippen LogP contribution < -0.4 is 10.6 Å². The summed E-state index contributed by atoms with van der Waals surface area (Å²) in [6.07, 6.45) is 1.34. The standard InChI is InChI=1S/C13H14N2O5S/c16-12(17)7-9-1-3-10(4-2-9)14-13(18)15-11-5-6-21(19,20)8-11/h1-6,11H,7-8H2,(H,16,17)(H2,14,15,18). The van der Waals surface area contributed by atoms with Crippen LogP contribution in [0.4, 0.5) is 10.5 Å². The third kappa shape index (κ3) is 4.60. The summed E-state index contributed by atoms with van der Waals surface area (Å²) < 4.78 is 22.4. The summed E-state index contributed by atoms with van der Waals surface area (Å²) in [5, 5.41) is 14.8. The molecule has 7 nitrogen and oxygen atoms in total. The van der Waals surface area contributed by atoms with Gasteiger partial charge < -0.3 is 15.7 Å². The Morgan fingerprint density at radius 1 is 1.24 bits per heavy atom. The Morgan fingerprint density at radius 3 is 2.43 bits per heavy atom. The molecule has 1 heterocycles. The van der Waals surface area contributed by atoms with Crippen molar-refractivity contribution in [3.8, 4) is 0 Å². The van der Waals surface area contributed by atoms with Crippen molar-refractivity contribution >= 4 is 27.5 Å². The number of urea groups is 1. The summed E-state index contributed by atoms with van der Waals surface area (Å²) in [7, 11) is -3.21. The van der Waals surface area contributed by atoms with E-state index in [0.717, 1.165) is 5.41 Å². The quantitative estimate of drug-likeness (QED) is 0.759. The van der Waals surface area contributed by atoms with E-state index in [2.05, 4.69) is 10.6 Å². The molecule has 1 aliphatic heterocycles. The fourth-order valence-electron chi connectivity index (χ4n) is 1.88. The van der Waals surface area contributed by atoms with Gasteiger partial charge in [-0.1, -0.05) is 12.1 Å². The Hall–Kier alpha value is -2.35. The SMILES string of the molecule is O=C(O)Cc1ccc(NC(=O)NC2C=CS(=O)(=O)C2)cc1. The maximum absolute atomic E-state index is 11.7. The molecule has 2 rings (SSSR count). The molecule has 1 atom stereocenters. The first-order valence-electron chi connectivity index (χ1n) is 6.13. The van der Waals surface area contributed by atoms with Crippen LogP contribution in [0, 0.1) is 0 Å². The maximum atomic E-state index is 11.7. The number of nitrogens with one attached hydrogen (secondary N) is 2. The zero-order valence-electron chi connectivity index (χ0n) is 10.9. The largest absolute Gasteiger partial charge is 0.481 e. The summed E-state index contributed by atoms with van der Waals surface area (Å²) in [5.74, 6) is -1.07. The van der Waals surface area contributed by atoms with E-state index in [-0.39, 0.29) is 12.2 Å². The van der Waals surface area contributed by atoms with Crippen LogP contribution in [0.1, 0.15) is 5.56 Å². The second-order valence-corrected chi connectivity index (χ2v) is 6.56. The van der Waals surface area contributed by atoms with Crippen LogP contribution in [0.25, 0.3) is 0 Å². The minimum Gasteiger partial charge on any atom is -0.481 e. The monoisotopic (exact) mass is 310 g/mol. The predicted octanol–water partition coefficient (Wildman–Crippen LogP) is 0.746. The Kier molecular flexibility index (Phi) is 4.27. The van der Waals surface area contributed by atoms with E-state index in [1.807, 2.05) is 0 Å². The number of aliphatic carboxylic acids is 1. The van der Waals surface area contributed by atoms with Crippen LogP contribution in [-0.2, 0) is 21.1 Å². The molecule has 0 aromatic heterocycles. The number of carbonyl (C=O) groups is 2. The number of anilines is 1. The Bertz CT molecular complexity index is 679. The Labute approximate surface area is 121 Å². The van der Waals surface area contributed by atoms with Crippen molar-refractivity contribution in [3.63, 3.8) is 0 Å². The van der Waals surface area contributed by atoms with E-state index in [1.54, 1.807) is 24.3 Å². The molecule has 21 heavy (non-hydrogen) atoms. The maximum Gasteiger partial charge on any atom is 0.319 e. The molecule has 0 saturated heterocycles. The number of sulfone groups is 1. The first-order valence-corrected chi connectivity index (χ1v) is 7.85. The molecule has 8 heteroatoms. The highest BCUT2D eigenvalue weighted by molar-refractivity contribution is 7.94. The Balaban J connectivity index is 1.88. The van der Waals surface area contributed by atoms with E-state index in [0.29, 0.717) is 11.3 Å². The lowest BCUT2D eigenvalue weighted by atomic mass is 10.1. The molecule has 3 N–H and O–H groups in total. The Morgan fingerprint density at radius 2 is 1.90 bits per heavy atom. The van der Waals surface area contributed by atoms with Crippen molar-refractivity contribution in [2.24, 2.45) is 0 Å². The van der Waals surface area contributed by atoms with Gasteiger partial charge in [0, 0.05) is 11.1 Å². The second-order valence-electron chi connectivity index (χ2n) is 4.63. The molecule has 1 unspecified atom stereocenters. The van der Waals surface area contributed by atoms with Crippen LogP contribution in [0.5, 0.6) is 0 Å². The smallest absolute Gasteiger partial charge is 0.319 e. The zero-order chi connectivity index (χ0) is 15.5. The van der Waals surface area contributed by atoms with Crippen LogP contribution >= 0.6 is 0 Å². The number of carboxylic acids is 1. The summed E-state index contributed by atoms with van der Waals surface area (Å²) in [5.41, 5.74) is 1.12. The van der Waals surface area contributed by atoms with Crippen LogP contribution in [-0.4, -0.2) is 37.3 Å². The molecule has 1 aromatic rings. The summed E-state index contributed by atoms with van der Waals surface area (Å²) >= 11 is 0. The van der Waals surface area contributed by atoms with Crippen LogP contribution in [0.2, 0.25) is 0 Å². The van der Waals surface area contributed by atoms with Gasteiger partial charge in [0.25, 0.3) is 0 Å². The van der Waals surface area contributed by atoms with Crippen LogP contribution in [0.15, 0.2) is 35.7 Å². The topological polar surface area (TPSA) is 113 Å². The highest BCUT2D eigenvalue weighted by atomic mass is 32.2. The lowest BCUT2D eigenvalue weighted by Crippen LogP contribution is -2.38. The molecule has 112 valence electrons. The first kappa shape index (κ1) is 15.0. The van der Waals surface area contributed by atoms with E-state index in [4.69, 9.17) is 5.11 Å². The van der Waals surface area contributed by atoms with E-state index in [1.165, 1.54) is 6.08 Å². The van der Waals surface area contributed by atoms with Gasteiger partial charge in [0.2, 0.25) is 0 Å². The highest BCUT2D eigenvalue weighted by Gasteiger charge is 2.22.